The highest BCUT2D eigenvalue weighted by molar-refractivity contribution is 7.91. The molecule has 7 rings (SSSR count). The topological polar surface area (TPSA) is 34.1 Å². The highest BCUT2D eigenvalue weighted by Crippen LogP contribution is 2.32. The molecule has 1 unspecified atom stereocenters. The third-order valence-electron chi connectivity index (χ3n) is 9.04. The van der Waals surface area contributed by atoms with Crippen LogP contribution in [0.15, 0.2) is 78.9 Å². The van der Waals surface area contributed by atoms with E-state index in [1.165, 1.54) is 49.3 Å². The molecule has 189 valence electrons. The Bertz CT molecular complexity index is 1710. The van der Waals surface area contributed by atoms with E-state index in [1.54, 1.807) is 10.4 Å². The Morgan fingerprint density at radius 3 is 2.13 bits per heavy atom. The second-order valence-corrected chi connectivity index (χ2v) is 21.1. The normalized spacial score (nSPS) is 20.4. The maximum Gasteiger partial charge on any atom is 0.150 e. The fraction of sp³-hybridized carbons (Fsp3) is 0.250. The maximum absolute atomic E-state index is 12.4. The molecule has 3 radical (unpaired) electrons. The molecule has 0 aliphatic carbocycles. The largest absolute Gasteiger partial charge is 0.229 e. The van der Waals surface area contributed by atoms with Gasteiger partial charge < -0.3 is 0 Å². The first-order chi connectivity index (χ1) is 18.3. The summed E-state index contributed by atoms with van der Waals surface area (Å²) < 4.78 is 24.8. The van der Waals surface area contributed by atoms with Crippen LogP contribution >= 0.6 is 0 Å². The predicted octanol–water partition coefficient (Wildman–Crippen LogP) is 3.89. The van der Waals surface area contributed by atoms with E-state index in [9.17, 15) is 8.42 Å². The molecule has 38 heavy (non-hydrogen) atoms. The van der Waals surface area contributed by atoms with Gasteiger partial charge in [0.25, 0.3) is 0 Å². The molecule has 1 atom stereocenters. The minimum Gasteiger partial charge on any atom is -0.229 e. The summed E-state index contributed by atoms with van der Waals surface area (Å²) in [6.07, 6.45) is 1.04. The predicted molar refractivity (Wildman–Crippen MR) is 166 cm³/mol. The highest BCUT2D eigenvalue weighted by Gasteiger charge is 2.35. The number of sulfone groups is 1. The fourth-order valence-corrected chi connectivity index (χ4v) is 17.7. The molecule has 0 spiro atoms. The second kappa shape index (κ2) is 9.01. The summed E-state index contributed by atoms with van der Waals surface area (Å²) in [7, 11) is -5.28. The molecule has 3 heterocycles. The molecule has 4 aromatic rings. The third kappa shape index (κ3) is 3.96. The van der Waals surface area contributed by atoms with Crippen molar-refractivity contribution in [3.63, 3.8) is 0 Å². The van der Waals surface area contributed by atoms with E-state index in [-0.39, 0.29) is 5.54 Å². The van der Waals surface area contributed by atoms with Crippen LogP contribution in [0.3, 0.4) is 0 Å². The minimum absolute atomic E-state index is 0.212. The minimum atomic E-state index is -2.92. The van der Waals surface area contributed by atoms with Gasteiger partial charge in [-0.15, -0.1) is 0 Å². The van der Waals surface area contributed by atoms with Gasteiger partial charge in [0.1, 0.15) is 27.4 Å². The van der Waals surface area contributed by atoms with Gasteiger partial charge in [-0.05, 0) is 67.3 Å². The zero-order valence-electron chi connectivity index (χ0n) is 22.1. The van der Waals surface area contributed by atoms with Crippen molar-refractivity contribution < 1.29 is 8.42 Å². The lowest BCUT2D eigenvalue weighted by molar-refractivity contribution is 0.592. The lowest BCUT2D eigenvalue weighted by Crippen LogP contribution is -2.46. The van der Waals surface area contributed by atoms with E-state index >= 15 is 0 Å². The highest BCUT2D eigenvalue weighted by atomic mass is 32.2. The standard InChI is InChI=1S/C32H31O2SSi3/c1-36-15-14-35(33,34)20-32(36)25-11-13-27-26-12-10-22(18-30(26)38(3)31(27)19-25)21-8-9-24-16-23-6-4-5-7-28(23)37(2)29(24)17-21/h4-13,17-19,32H,14-16,20H2,1-3H3. The number of rotatable bonds is 2. The van der Waals surface area contributed by atoms with Crippen LogP contribution in [0.2, 0.25) is 25.7 Å². The van der Waals surface area contributed by atoms with Crippen LogP contribution in [0, 0.1) is 0 Å². The molecule has 0 amide bonds. The monoisotopic (exact) mass is 563 g/mol. The van der Waals surface area contributed by atoms with Crippen LogP contribution in [0.5, 0.6) is 0 Å². The number of hydrogen-bond acceptors (Lipinski definition) is 2. The average molecular weight is 564 g/mol. The Hall–Kier alpha value is -2.52. The van der Waals surface area contributed by atoms with E-state index in [2.05, 4.69) is 98.5 Å². The Morgan fingerprint density at radius 2 is 1.32 bits per heavy atom. The van der Waals surface area contributed by atoms with Crippen LogP contribution in [-0.4, -0.2) is 46.3 Å². The molecule has 0 saturated carbocycles. The Morgan fingerprint density at radius 1 is 0.684 bits per heavy atom. The van der Waals surface area contributed by atoms with Crippen molar-refractivity contribution in [1.82, 2.24) is 0 Å². The molecule has 1 saturated heterocycles. The molecule has 6 heteroatoms. The molecule has 0 bridgehead atoms. The van der Waals surface area contributed by atoms with E-state index in [0.29, 0.717) is 11.5 Å². The number of benzene rings is 4. The number of hydrogen-bond donors (Lipinski definition) is 0. The van der Waals surface area contributed by atoms with Crippen molar-refractivity contribution in [1.29, 1.82) is 0 Å². The first kappa shape index (κ1) is 24.5. The molecular formula is C32H31O2SSi3. The van der Waals surface area contributed by atoms with Gasteiger partial charge in [0, 0.05) is 5.75 Å². The van der Waals surface area contributed by atoms with Crippen LogP contribution < -0.4 is 20.7 Å². The van der Waals surface area contributed by atoms with Crippen LogP contribution in [0.4, 0.5) is 0 Å². The third-order valence-corrected chi connectivity index (χ3v) is 19.1. The fourth-order valence-electron chi connectivity index (χ4n) is 6.74. The Kier molecular flexibility index (Phi) is 5.82. The van der Waals surface area contributed by atoms with Gasteiger partial charge in [0.2, 0.25) is 0 Å². The summed E-state index contributed by atoms with van der Waals surface area (Å²) in [6, 6.07) is 31.0. The van der Waals surface area contributed by atoms with Crippen LogP contribution in [-0.2, 0) is 16.3 Å². The second-order valence-electron chi connectivity index (χ2n) is 11.3. The van der Waals surface area contributed by atoms with Crippen molar-refractivity contribution in [2.75, 3.05) is 11.5 Å². The van der Waals surface area contributed by atoms with Gasteiger partial charge >= 0.3 is 0 Å². The van der Waals surface area contributed by atoms with Crippen molar-refractivity contribution in [2.45, 2.75) is 37.6 Å². The molecule has 0 N–H and O–H groups in total. The molecule has 0 aromatic heterocycles. The summed E-state index contributed by atoms with van der Waals surface area (Å²) in [5, 5.41) is 6.06. The summed E-state index contributed by atoms with van der Waals surface area (Å²) >= 11 is 0. The SMILES string of the molecule is C[Si]1c2ccccc2Cc2ccc(-c3ccc4c(c3)[Si](C)c3cc(C5CS(=O)(=O)CC[Si]5C)ccc3-4)cc21. The Labute approximate surface area is 231 Å². The zero-order valence-corrected chi connectivity index (χ0v) is 26.0. The lowest BCUT2D eigenvalue weighted by atomic mass is 9.97. The number of fused-ring (bicyclic) bond motifs is 5. The first-order valence-electron chi connectivity index (χ1n) is 13.5. The molecule has 3 aliphatic rings. The van der Waals surface area contributed by atoms with E-state index in [1.807, 2.05) is 0 Å². The maximum atomic E-state index is 12.4. The summed E-state index contributed by atoms with van der Waals surface area (Å²) in [6.45, 7) is 7.17. The van der Waals surface area contributed by atoms with Gasteiger partial charge in [-0.25, -0.2) is 8.42 Å². The summed E-state index contributed by atoms with van der Waals surface area (Å²) in [5.41, 5.74) is 9.83. The van der Waals surface area contributed by atoms with Crippen LogP contribution in [0.1, 0.15) is 22.2 Å². The average Bonchev–Trinajstić information content (AvgIpc) is 3.20. The van der Waals surface area contributed by atoms with Gasteiger partial charge in [-0.2, -0.15) is 0 Å². The molecule has 4 aromatic carbocycles. The van der Waals surface area contributed by atoms with Gasteiger partial charge in [-0.1, -0.05) is 109 Å². The van der Waals surface area contributed by atoms with Crippen molar-refractivity contribution in [3.05, 3.63) is 95.6 Å². The van der Waals surface area contributed by atoms with Crippen LogP contribution in [0.25, 0.3) is 22.3 Å². The van der Waals surface area contributed by atoms with Crippen molar-refractivity contribution >= 4 is 57.0 Å². The molecule has 3 aliphatic heterocycles. The lowest BCUT2D eigenvalue weighted by Gasteiger charge is -2.28. The summed E-state index contributed by atoms with van der Waals surface area (Å²) in [5.74, 6) is 0.717. The first-order valence-corrected chi connectivity index (χ1v) is 21.6. The quantitative estimate of drug-likeness (QED) is 0.347. The molecule has 1 fully saturated rings. The zero-order chi connectivity index (χ0) is 26.2. The van der Waals surface area contributed by atoms with Gasteiger partial charge in [0.05, 0.1) is 14.5 Å². The van der Waals surface area contributed by atoms with Crippen molar-refractivity contribution in [2.24, 2.45) is 0 Å². The van der Waals surface area contributed by atoms with E-state index in [4.69, 9.17) is 0 Å². The van der Waals surface area contributed by atoms with E-state index in [0.717, 1.165) is 12.5 Å². The van der Waals surface area contributed by atoms with Crippen molar-refractivity contribution in [3.8, 4) is 22.3 Å². The van der Waals surface area contributed by atoms with Gasteiger partial charge in [-0.3, -0.25) is 0 Å². The van der Waals surface area contributed by atoms with E-state index < -0.39 is 36.2 Å². The van der Waals surface area contributed by atoms with Gasteiger partial charge in [0.15, 0.2) is 0 Å². The Balaban J connectivity index is 1.22. The summed E-state index contributed by atoms with van der Waals surface area (Å²) in [4.78, 5) is 0. The molecule has 2 nitrogen and oxygen atoms in total. The molecular weight excluding hydrogens is 533 g/mol. The smallest absolute Gasteiger partial charge is 0.150 e.